The molecule has 0 amide bonds. The SMILES string of the molecule is c1ccc(-c2c3ccccc3c(-c3cccc(-c4ccc5oc6ccccc6c5c4-c4ccc5c(c4)oc4ccccc45)c3)c3ccccc23)cc1. The minimum Gasteiger partial charge on any atom is -0.456 e. The van der Waals surface area contributed by atoms with Crippen LogP contribution in [0.3, 0.4) is 0 Å². The largest absolute Gasteiger partial charge is 0.456 e. The molecular formula is C50H30O2. The molecule has 2 aromatic heterocycles. The molecule has 0 saturated heterocycles. The second-order valence-corrected chi connectivity index (χ2v) is 13.6. The van der Waals surface area contributed by atoms with E-state index in [1.165, 1.54) is 43.8 Å². The Labute approximate surface area is 299 Å². The minimum absolute atomic E-state index is 0.870. The van der Waals surface area contributed by atoms with E-state index in [4.69, 9.17) is 8.83 Å². The molecule has 2 heteroatoms. The molecule has 0 unspecified atom stereocenters. The van der Waals surface area contributed by atoms with Crippen molar-refractivity contribution in [2.24, 2.45) is 0 Å². The first-order valence-electron chi connectivity index (χ1n) is 17.8. The Balaban J connectivity index is 1.19. The molecule has 2 nitrogen and oxygen atoms in total. The number of hydrogen-bond acceptors (Lipinski definition) is 2. The van der Waals surface area contributed by atoms with Gasteiger partial charge in [0.2, 0.25) is 0 Å². The van der Waals surface area contributed by atoms with Crippen LogP contribution in [0.4, 0.5) is 0 Å². The van der Waals surface area contributed by atoms with Gasteiger partial charge in [0.25, 0.3) is 0 Å². The Kier molecular flexibility index (Phi) is 6.28. The molecule has 11 rings (SSSR count). The van der Waals surface area contributed by atoms with Gasteiger partial charge in [0, 0.05) is 27.1 Å². The Morgan fingerprint density at radius 3 is 1.46 bits per heavy atom. The van der Waals surface area contributed by atoms with Crippen molar-refractivity contribution in [3.8, 4) is 44.5 Å². The highest BCUT2D eigenvalue weighted by Gasteiger charge is 2.21. The van der Waals surface area contributed by atoms with Crippen LogP contribution in [0.1, 0.15) is 0 Å². The number of furan rings is 2. The molecule has 0 aliphatic carbocycles. The summed E-state index contributed by atoms with van der Waals surface area (Å²) in [5, 5.41) is 9.43. The van der Waals surface area contributed by atoms with Crippen molar-refractivity contribution < 1.29 is 8.83 Å². The molecule has 9 aromatic carbocycles. The molecule has 0 fully saturated rings. The normalized spacial score (nSPS) is 11.8. The van der Waals surface area contributed by atoms with Gasteiger partial charge in [-0.05, 0) is 96.9 Å². The lowest BCUT2D eigenvalue weighted by molar-refractivity contribution is 0.668. The van der Waals surface area contributed by atoms with E-state index in [1.807, 2.05) is 18.2 Å². The van der Waals surface area contributed by atoms with E-state index >= 15 is 0 Å². The monoisotopic (exact) mass is 662 g/mol. The Morgan fingerprint density at radius 2 is 0.750 bits per heavy atom. The van der Waals surface area contributed by atoms with Gasteiger partial charge < -0.3 is 8.83 Å². The Bertz CT molecular complexity index is 3120. The van der Waals surface area contributed by atoms with E-state index in [0.717, 1.165) is 66.1 Å². The van der Waals surface area contributed by atoms with Crippen LogP contribution in [0.2, 0.25) is 0 Å². The molecule has 0 N–H and O–H groups in total. The molecule has 11 aromatic rings. The van der Waals surface area contributed by atoms with Gasteiger partial charge in [0.15, 0.2) is 0 Å². The van der Waals surface area contributed by atoms with Crippen LogP contribution in [0, 0.1) is 0 Å². The van der Waals surface area contributed by atoms with Gasteiger partial charge in [-0.2, -0.15) is 0 Å². The van der Waals surface area contributed by atoms with E-state index in [1.54, 1.807) is 0 Å². The predicted molar refractivity (Wildman–Crippen MR) is 218 cm³/mol. The van der Waals surface area contributed by atoms with Crippen LogP contribution < -0.4 is 0 Å². The Morgan fingerprint density at radius 1 is 0.250 bits per heavy atom. The van der Waals surface area contributed by atoms with Crippen LogP contribution in [0.25, 0.3) is 110 Å². The summed E-state index contributed by atoms with van der Waals surface area (Å²) in [6.07, 6.45) is 0. The first-order valence-corrected chi connectivity index (χ1v) is 17.8. The summed E-state index contributed by atoms with van der Waals surface area (Å²) in [4.78, 5) is 0. The molecule has 0 aliphatic rings. The minimum atomic E-state index is 0.870. The second kappa shape index (κ2) is 11.3. The second-order valence-electron chi connectivity index (χ2n) is 13.6. The fraction of sp³-hybridized carbons (Fsp3) is 0. The predicted octanol–water partition coefficient (Wildman–Crippen LogP) is 14.5. The van der Waals surface area contributed by atoms with Crippen LogP contribution in [-0.2, 0) is 0 Å². The standard InChI is InChI=1S/C50H30O2/c1-2-13-31(14-3-1)47-38-18-4-6-20-40(38)48(41-21-7-5-19-39(41)47)33-16-12-15-32(29-33)35-27-28-45-50(42-22-9-11-24-44(42)51-45)49(35)34-25-26-37-36-17-8-10-23-43(36)52-46(37)30-34/h1-30H. The highest BCUT2D eigenvalue weighted by atomic mass is 16.3. The van der Waals surface area contributed by atoms with Gasteiger partial charge in [-0.3, -0.25) is 0 Å². The van der Waals surface area contributed by atoms with E-state index < -0.39 is 0 Å². The van der Waals surface area contributed by atoms with Crippen molar-refractivity contribution in [2.45, 2.75) is 0 Å². The van der Waals surface area contributed by atoms with E-state index in [2.05, 4.69) is 164 Å². The molecule has 0 atom stereocenters. The lowest BCUT2D eigenvalue weighted by Gasteiger charge is -2.18. The third-order valence-electron chi connectivity index (χ3n) is 10.7. The smallest absolute Gasteiger partial charge is 0.136 e. The van der Waals surface area contributed by atoms with Crippen LogP contribution in [0.15, 0.2) is 191 Å². The van der Waals surface area contributed by atoms with Crippen LogP contribution in [0.5, 0.6) is 0 Å². The van der Waals surface area contributed by atoms with Crippen molar-refractivity contribution in [2.75, 3.05) is 0 Å². The quantitative estimate of drug-likeness (QED) is 0.175. The zero-order valence-corrected chi connectivity index (χ0v) is 28.1. The average molecular weight is 663 g/mol. The molecule has 0 spiro atoms. The number of para-hydroxylation sites is 2. The van der Waals surface area contributed by atoms with E-state index in [0.29, 0.717) is 0 Å². The van der Waals surface area contributed by atoms with E-state index in [9.17, 15) is 0 Å². The van der Waals surface area contributed by atoms with Gasteiger partial charge in [-0.15, -0.1) is 0 Å². The van der Waals surface area contributed by atoms with Crippen molar-refractivity contribution in [1.29, 1.82) is 0 Å². The zero-order valence-electron chi connectivity index (χ0n) is 28.1. The number of fused-ring (bicyclic) bond motifs is 8. The summed E-state index contributed by atoms with van der Waals surface area (Å²) in [6.45, 7) is 0. The average Bonchev–Trinajstić information content (AvgIpc) is 3.78. The number of benzene rings is 9. The molecule has 0 aliphatic heterocycles. The lowest BCUT2D eigenvalue weighted by Crippen LogP contribution is -1.92. The van der Waals surface area contributed by atoms with Gasteiger partial charge >= 0.3 is 0 Å². The first kappa shape index (κ1) is 28.9. The van der Waals surface area contributed by atoms with Crippen molar-refractivity contribution in [1.82, 2.24) is 0 Å². The lowest BCUT2D eigenvalue weighted by atomic mass is 9.84. The Hall–Kier alpha value is -6.90. The molecular weight excluding hydrogens is 633 g/mol. The van der Waals surface area contributed by atoms with E-state index in [-0.39, 0.29) is 0 Å². The van der Waals surface area contributed by atoms with Crippen molar-refractivity contribution in [3.63, 3.8) is 0 Å². The highest BCUT2D eigenvalue weighted by Crippen LogP contribution is 2.47. The number of rotatable bonds is 4. The fourth-order valence-electron chi connectivity index (χ4n) is 8.44. The summed E-state index contributed by atoms with van der Waals surface area (Å²) < 4.78 is 12.9. The van der Waals surface area contributed by atoms with Gasteiger partial charge in [-0.1, -0.05) is 146 Å². The summed E-state index contributed by atoms with van der Waals surface area (Å²) in [5.41, 5.74) is 13.0. The maximum absolute atomic E-state index is 6.45. The zero-order chi connectivity index (χ0) is 34.2. The molecule has 0 saturated carbocycles. The highest BCUT2D eigenvalue weighted by molar-refractivity contribution is 6.22. The topological polar surface area (TPSA) is 26.3 Å². The molecule has 52 heavy (non-hydrogen) atoms. The summed E-state index contributed by atoms with van der Waals surface area (Å²) >= 11 is 0. The van der Waals surface area contributed by atoms with Gasteiger partial charge in [0.1, 0.15) is 22.3 Å². The molecule has 0 radical (unpaired) electrons. The first-order chi connectivity index (χ1) is 25.8. The third-order valence-corrected chi connectivity index (χ3v) is 10.7. The number of hydrogen-bond donors (Lipinski definition) is 0. The van der Waals surface area contributed by atoms with Crippen molar-refractivity contribution in [3.05, 3.63) is 182 Å². The van der Waals surface area contributed by atoms with Crippen LogP contribution in [-0.4, -0.2) is 0 Å². The summed E-state index contributed by atoms with van der Waals surface area (Å²) in [6, 6.07) is 65.1. The maximum Gasteiger partial charge on any atom is 0.136 e. The molecule has 0 bridgehead atoms. The summed E-state index contributed by atoms with van der Waals surface area (Å²) in [7, 11) is 0. The maximum atomic E-state index is 6.45. The third kappa shape index (κ3) is 4.31. The fourth-order valence-corrected chi connectivity index (χ4v) is 8.44. The van der Waals surface area contributed by atoms with Gasteiger partial charge in [-0.25, -0.2) is 0 Å². The molecule has 2 heterocycles. The van der Waals surface area contributed by atoms with Gasteiger partial charge in [0.05, 0.1) is 0 Å². The summed E-state index contributed by atoms with van der Waals surface area (Å²) in [5.74, 6) is 0. The van der Waals surface area contributed by atoms with Crippen molar-refractivity contribution >= 4 is 65.4 Å². The van der Waals surface area contributed by atoms with Crippen LogP contribution >= 0.6 is 0 Å². The molecule has 242 valence electrons.